The zero-order valence-electron chi connectivity index (χ0n) is 13.6. The van der Waals surface area contributed by atoms with Crippen molar-refractivity contribution in [3.05, 3.63) is 35.0 Å². The highest BCUT2D eigenvalue weighted by atomic mass is 16.5. The Hall–Kier alpha value is -2.10. The van der Waals surface area contributed by atoms with Crippen LogP contribution in [0.3, 0.4) is 0 Å². The van der Waals surface area contributed by atoms with Crippen LogP contribution in [0.5, 0.6) is 5.75 Å². The zero-order chi connectivity index (χ0) is 15.7. The number of benzene rings is 1. The summed E-state index contributed by atoms with van der Waals surface area (Å²) in [4.78, 5) is 9.00. The Morgan fingerprint density at radius 3 is 2.95 bits per heavy atom. The van der Waals surface area contributed by atoms with Crippen molar-refractivity contribution in [3.8, 4) is 5.75 Å². The minimum atomic E-state index is 0.445. The summed E-state index contributed by atoms with van der Waals surface area (Å²) in [6.45, 7) is 6.74. The molecule has 0 N–H and O–H groups in total. The van der Waals surface area contributed by atoms with E-state index in [1.165, 1.54) is 16.8 Å². The van der Waals surface area contributed by atoms with Gasteiger partial charge >= 0.3 is 0 Å². The fourth-order valence-corrected chi connectivity index (χ4v) is 3.19. The van der Waals surface area contributed by atoms with Gasteiger partial charge in [-0.25, -0.2) is 4.99 Å². The molecular formula is C18H22N2O2. The highest BCUT2D eigenvalue weighted by molar-refractivity contribution is 5.77. The fourth-order valence-electron chi connectivity index (χ4n) is 3.19. The summed E-state index contributed by atoms with van der Waals surface area (Å²) in [7, 11) is 1.63. The van der Waals surface area contributed by atoms with Crippen LogP contribution in [-0.4, -0.2) is 25.8 Å². The number of nitrogens with zero attached hydrogens (tertiary/aromatic N) is 2. The van der Waals surface area contributed by atoms with E-state index in [0.717, 1.165) is 24.5 Å². The SMILES string of the molecule is CC=NC(CC)=C1C2COc3ccc(N=C(C)OC)cc3C12. The third-order valence-electron chi connectivity index (χ3n) is 4.31. The first-order valence-electron chi connectivity index (χ1n) is 7.77. The molecule has 2 aliphatic rings. The molecule has 2 unspecified atom stereocenters. The number of fused-ring (bicyclic) bond motifs is 3. The number of hydrogen-bond donors (Lipinski definition) is 0. The van der Waals surface area contributed by atoms with Crippen molar-refractivity contribution in [2.75, 3.05) is 13.7 Å². The number of ether oxygens (including phenoxy) is 2. The average molecular weight is 298 g/mol. The van der Waals surface area contributed by atoms with Gasteiger partial charge in [-0.1, -0.05) is 6.92 Å². The molecule has 4 nitrogen and oxygen atoms in total. The molecule has 4 heteroatoms. The molecule has 3 rings (SSSR count). The third-order valence-corrected chi connectivity index (χ3v) is 4.31. The molecular weight excluding hydrogens is 276 g/mol. The van der Waals surface area contributed by atoms with Crippen LogP contribution in [0.1, 0.15) is 38.7 Å². The highest BCUT2D eigenvalue weighted by Gasteiger charge is 2.51. The second kappa shape index (κ2) is 5.95. The van der Waals surface area contributed by atoms with E-state index in [1.807, 2.05) is 32.2 Å². The lowest BCUT2D eigenvalue weighted by atomic mass is 10.0. The van der Waals surface area contributed by atoms with E-state index >= 15 is 0 Å². The standard InChI is InChI=1S/C18H22N2O2/c1-5-15(19-6-2)18-14-10-22-16-8-7-12(20-11(3)21-4)9-13(16)17(14)18/h6-9,14,17H,5,10H2,1-4H3. The molecule has 2 atom stereocenters. The summed E-state index contributed by atoms with van der Waals surface area (Å²) >= 11 is 0. The molecule has 0 amide bonds. The second-order valence-corrected chi connectivity index (χ2v) is 5.60. The molecule has 0 spiro atoms. The van der Waals surface area contributed by atoms with Gasteiger partial charge in [0.25, 0.3) is 0 Å². The molecule has 0 saturated heterocycles. The van der Waals surface area contributed by atoms with Gasteiger partial charge < -0.3 is 9.47 Å². The quantitative estimate of drug-likeness (QED) is 0.618. The summed E-state index contributed by atoms with van der Waals surface area (Å²) in [6.07, 6.45) is 2.84. The zero-order valence-corrected chi connectivity index (χ0v) is 13.6. The number of hydrogen-bond acceptors (Lipinski definition) is 4. The van der Waals surface area contributed by atoms with Crippen LogP contribution in [0.25, 0.3) is 0 Å². The van der Waals surface area contributed by atoms with Crippen molar-refractivity contribution in [2.24, 2.45) is 15.9 Å². The predicted molar refractivity (Wildman–Crippen MR) is 89.4 cm³/mol. The number of methoxy groups -OCH3 is 1. The first kappa shape index (κ1) is 14.8. The lowest BCUT2D eigenvalue weighted by Gasteiger charge is -2.16. The van der Waals surface area contributed by atoms with Gasteiger partial charge in [0.2, 0.25) is 0 Å². The Morgan fingerprint density at radius 1 is 1.45 bits per heavy atom. The van der Waals surface area contributed by atoms with Crippen LogP contribution in [0.15, 0.2) is 39.5 Å². The molecule has 1 fully saturated rings. The molecule has 116 valence electrons. The number of allylic oxidation sites excluding steroid dienone is 1. The van der Waals surface area contributed by atoms with Crippen molar-refractivity contribution >= 4 is 17.8 Å². The minimum Gasteiger partial charge on any atom is -0.493 e. The molecule has 1 aliphatic heterocycles. The Balaban J connectivity index is 1.98. The maximum atomic E-state index is 5.90. The topological polar surface area (TPSA) is 43.2 Å². The van der Waals surface area contributed by atoms with E-state index in [0.29, 0.717) is 17.7 Å². The number of aliphatic imine (C=N–C) groups is 2. The Morgan fingerprint density at radius 2 is 2.27 bits per heavy atom. The first-order chi connectivity index (χ1) is 10.7. The Kier molecular flexibility index (Phi) is 4.01. The number of rotatable bonds is 3. The van der Waals surface area contributed by atoms with Gasteiger partial charge in [-0.15, -0.1) is 0 Å². The molecule has 0 bridgehead atoms. The van der Waals surface area contributed by atoms with Gasteiger partial charge in [0, 0.05) is 36.2 Å². The fraction of sp³-hybridized carbons (Fsp3) is 0.444. The van der Waals surface area contributed by atoms with Gasteiger partial charge in [0.05, 0.1) is 19.4 Å². The maximum Gasteiger partial charge on any atom is 0.184 e. The minimum absolute atomic E-state index is 0.445. The predicted octanol–water partition coefficient (Wildman–Crippen LogP) is 4.24. The summed E-state index contributed by atoms with van der Waals surface area (Å²) in [5.41, 5.74) is 4.78. The monoisotopic (exact) mass is 298 g/mol. The molecule has 1 saturated carbocycles. The largest absolute Gasteiger partial charge is 0.493 e. The van der Waals surface area contributed by atoms with Crippen LogP contribution in [0.2, 0.25) is 0 Å². The van der Waals surface area contributed by atoms with Crippen LogP contribution >= 0.6 is 0 Å². The van der Waals surface area contributed by atoms with Gasteiger partial charge in [-0.05, 0) is 37.1 Å². The second-order valence-electron chi connectivity index (χ2n) is 5.60. The van der Waals surface area contributed by atoms with Gasteiger partial charge in [-0.3, -0.25) is 4.99 Å². The summed E-state index contributed by atoms with van der Waals surface area (Å²) in [5.74, 6) is 2.56. The molecule has 0 radical (unpaired) electrons. The van der Waals surface area contributed by atoms with E-state index in [-0.39, 0.29) is 0 Å². The van der Waals surface area contributed by atoms with Gasteiger partial charge in [0.15, 0.2) is 5.90 Å². The van der Waals surface area contributed by atoms with E-state index in [1.54, 1.807) is 7.11 Å². The van der Waals surface area contributed by atoms with E-state index in [9.17, 15) is 0 Å². The molecule has 1 aromatic rings. The molecule has 0 aromatic heterocycles. The Bertz CT molecular complexity index is 674. The Labute approximate surface area is 131 Å². The van der Waals surface area contributed by atoms with E-state index < -0.39 is 0 Å². The molecule has 1 aliphatic carbocycles. The van der Waals surface area contributed by atoms with Crippen molar-refractivity contribution in [1.29, 1.82) is 0 Å². The molecule has 1 aromatic carbocycles. The summed E-state index contributed by atoms with van der Waals surface area (Å²) < 4.78 is 11.0. The van der Waals surface area contributed by atoms with Crippen molar-refractivity contribution in [1.82, 2.24) is 0 Å². The smallest absolute Gasteiger partial charge is 0.184 e. The lowest BCUT2D eigenvalue weighted by Crippen LogP contribution is -2.08. The van der Waals surface area contributed by atoms with Crippen LogP contribution in [0, 0.1) is 5.92 Å². The summed E-state index contributed by atoms with van der Waals surface area (Å²) in [6, 6.07) is 6.10. The molecule has 1 heterocycles. The van der Waals surface area contributed by atoms with Crippen LogP contribution < -0.4 is 4.74 Å². The normalized spacial score (nSPS) is 25.4. The van der Waals surface area contributed by atoms with Crippen molar-refractivity contribution < 1.29 is 9.47 Å². The van der Waals surface area contributed by atoms with E-state index in [4.69, 9.17) is 9.47 Å². The van der Waals surface area contributed by atoms with Crippen molar-refractivity contribution in [2.45, 2.75) is 33.1 Å². The highest BCUT2D eigenvalue weighted by Crippen LogP contribution is 2.60. The van der Waals surface area contributed by atoms with Crippen LogP contribution in [-0.2, 0) is 4.74 Å². The average Bonchev–Trinajstić information content (AvgIpc) is 3.27. The van der Waals surface area contributed by atoms with Gasteiger partial charge in [0.1, 0.15) is 5.75 Å². The van der Waals surface area contributed by atoms with Crippen LogP contribution in [0.4, 0.5) is 5.69 Å². The third kappa shape index (κ3) is 2.54. The first-order valence-corrected chi connectivity index (χ1v) is 7.77. The molecule has 22 heavy (non-hydrogen) atoms. The summed E-state index contributed by atoms with van der Waals surface area (Å²) in [5, 5.41) is 0. The maximum absolute atomic E-state index is 5.90. The lowest BCUT2D eigenvalue weighted by molar-refractivity contribution is 0.281. The van der Waals surface area contributed by atoms with Crippen molar-refractivity contribution in [3.63, 3.8) is 0 Å². The van der Waals surface area contributed by atoms with E-state index in [2.05, 4.69) is 23.0 Å². The van der Waals surface area contributed by atoms with Gasteiger partial charge in [-0.2, -0.15) is 0 Å².